The van der Waals surface area contributed by atoms with Gasteiger partial charge in [0.2, 0.25) is 21.8 Å². The highest BCUT2D eigenvalue weighted by atomic mass is 35.5. The van der Waals surface area contributed by atoms with Crippen molar-refractivity contribution in [3.05, 3.63) is 68.7 Å². The number of unbranched alkanes of at least 4 members (excludes halogenated alkanes) is 1. The number of halogens is 1. The van der Waals surface area contributed by atoms with E-state index in [1.54, 1.807) is 38.1 Å². The number of nitro groups is 1. The maximum Gasteiger partial charge on any atom is 0.271 e. The van der Waals surface area contributed by atoms with Gasteiger partial charge in [0.25, 0.3) is 5.69 Å². The van der Waals surface area contributed by atoms with Crippen LogP contribution in [0.4, 0.5) is 11.4 Å². The van der Waals surface area contributed by atoms with Gasteiger partial charge in [0, 0.05) is 30.2 Å². The van der Waals surface area contributed by atoms with E-state index in [0.29, 0.717) is 22.7 Å². The minimum absolute atomic E-state index is 0.0118. The lowest BCUT2D eigenvalue weighted by atomic mass is 10.1. The predicted molar refractivity (Wildman–Crippen MR) is 139 cm³/mol. The summed E-state index contributed by atoms with van der Waals surface area (Å²) in [5, 5.41) is 14.5. The summed E-state index contributed by atoms with van der Waals surface area (Å²) in [6.45, 7) is 4.88. The molecule has 0 aromatic heterocycles. The van der Waals surface area contributed by atoms with Crippen molar-refractivity contribution in [3.63, 3.8) is 0 Å². The first kappa shape index (κ1) is 29.1. The fourth-order valence-corrected chi connectivity index (χ4v) is 4.60. The molecular weight excluding hydrogens is 508 g/mol. The number of benzene rings is 2. The number of nitrogens with one attached hydrogen (secondary N) is 1. The third-order valence-electron chi connectivity index (χ3n) is 5.65. The Morgan fingerprint density at radius 1 is 1.19 bits per heavy atom. The van der Waals surface area contributed by atoms with Gasteiger partial charge in [-0.3, -0.25) is 24.0 Å². The Morgan fingerprint density at radius 3 is 2.44 bits per heavy atom. The first-order valence-electron chi connectivity index (χ1n) is 11.4. The Hall–Kier alpha value is -3.18. The minimum atomic E-state index is -4.02. The van der Waals surface area contributed by atoms with E-state index in [1.165, 1.54) is 17.0 Å². The van der Waals surface area contributed by atoms with E-state index in [4.69, 9.17) is 11.6 Å². The zero-order valence-corrected chi connectivity index (χ0v) is 22.3. The molecule has 2 amide bonds. The molecule has 0 radical (unpaired) electrons. The molecule has 0 fully saturated rings. The van der Waals surface area contributed by atoms with E-state index in [9.17, 15) is 28.1 Å². The van der Waals surface area contributed by atoms with Gasteiger partial charge in [-0.15, -0.1) is 0 Å². The highest BCUT2D eigenvalue weighted by Gasteiger charge is 2.31. The fourth-order valence-electron chi connectivity index (χ4n) is 3.50. The second-order valence-electron chi connectivity index (χ2n) is 8.43. The SMILES string of the molecule is CCCCNC(=O)C(C)N(Cc1ccccc1Cl)C(=O)CN(c1cc([N+](=O)[O-])ccc1C)S(C)(=O)=O. The van der Waals surface area contributed by atoms with E-state index in [-0.39, 0.29) is 23.8 Å². The summed E-state index contributed by atoms with van der Waals surface area (Å²) >= 11 is 6.29. The van der Waals surface area contributed by atoms with Gasteiger partial charge in [-0.05, 0) is 37.5 Å². The Kier molecular flexibility index (Phi) is 10.2. The summed E-state index contributed by atoms with van der Waals surface area (Å²) < 4.78 is 26.2. The maximum atomic E-state index is 13.6. The Balaban J connectivity index is 2.46. The van der Waals surface area contributed by atoms with Crippen molar-refractivity contribution < 1.29 is 22.9 Å². The second-order valence-corrected chi connectivity index (χ2v) is 10.7. The number of hydrogen-bond donors (Lipinski definition) is 1. The first-order chi connectivity index (χ1) is 16.9. The van der Waals surface area contributed by atoms with Gasteiger partial charge in [-0.2, -0.15) is 0 Å². The summed E-state index contributed by atoms with van der Waals surface area (Å²) in [6, 6.07) is 9.70. The number of hydrogen-bond acceptors (Lipinski definition) is 6. The van der Waals surface area contributed by atoms with Crippen molar-refractivity contribution in [3.8, 4) is 0 Å². The number of aryl methyl sites for hydroxylation is 1. The molecule has 2 rings (SSSR count). The van der Waals surface area contributed by atoms with Gasteiger partial charge in [0.1, 0.15) is 12.6 Å². The Bertz CT molecular complexity index is 1220. The molecule has 0 heterocycles. The molecule has 0 bridgehead atoms. The zero-order chi connectivity index (χ0) is 27.0. The number of nitro benzene ring substituents is 1. The topological polar surface area (TPSA) is 130 Å². The van der Waals surface area contributed by atoms with Crippen molar-refractivity contribution in [2.75, 3.05) is 23.7 Å². The van der Waals surface area contributed by atoms with Crippen molar-refractivity contribution in [1.82, 2.24) is 10.2 Å². The summed E-state index contributed by atoms with van der Waals surface area (Å²) in [6.07, 6.45) is 2.56. The molecule has 0 saturated heterocycles. The quantitative estimate of drug-likeness (QED) is 0.249. The van der Waals surface area contributed by atoms with Gasteiger partial charge in [0.15, 0.2) is 0 Å². The number of carbonyl (C=O) groups is 2. The number of nitrogens with zero attached hydrogens (tertiary/aromatic N) is 3. The third-order valence-corrected chi connectivity index (χ3v) is 7.14. The predicted octanol–water partition coefficient (Wildman–Crippen LogP) is 3.66. The average Bonchev–Trinajstić information content (AvgIpc) is 2.81. The molecule has 1 unspecified atom stereocenters. The van der Waals surface area contributed by atoms with Crippen LogP contribution in [0.15, 0.2) is 42.5 Å². The van der Waals surface area contributed by atoms with Crippen LogP contribution >= 0.6 is 11.6 Å². The molecule has 1 N–H and O–H groups in total. The van der Waals surface area contributed by atoms with Crippen LogP contribution in [0.1, 0.15) is 37.8 Å². The summed E-state index contributed by atoms with van der Waals surface area (Å²) in [5.74, 6) is -1.05. The number of anilines is 1. The zero-order valence-electron chi connectivity index (χ0n) is 20.7. The molecule has 10 nitrogen and oxygen atoms in total. The molecule has 1 atom stereocenters. The van der Waals surface area contributed by atoms with E-state index in [2.05, 4.69) is 5.32 Å². The van der Waals surface area contributed by atoms with Crippen LogP contribution < -0.4 is 9.62 Å². The Labute approximate surface area is 216 Å². The third kappa shape index (κ3) is 7.66. The molecule has 12 heteroatoms. The van der Waals surface area contributed by atoms with Crippen LogP contribution in [0.25, 0.3) is 0 Å². The van der Waals surface area contributed by atoms with E-state index >= 15 is 0 Å². The molecular formula is C24H31ClN4O6S. The molecule has 36 heavy (non-hydrogen) atoms. The number of carbonyl (C=O) groups excluding carboxylic acids is 2. The molecule has 2 aromatic carbocycles. The lowest BCUT2D eigenvalue weighted by Crippen LogP contribution is -2.51. The number of rotatable bonds is 12. The molecule has 0 saturated carbocycles. The largest absolute Gasteiger partial charge is 0.354 e. The highest BCUT2D eigenvalue weighted by Crippen LogP contribution is 2.28. The molecule has 196 valence electrons. The van der Waals surface area contributed by atoms with Crippen LogP contribution in [0.2, 0.25) is 5.02 Å². The molecule has 0 aliphatic carbocycles. The van der Waals surface area contributed by atoms with E-state index < -0.39 is 33.4 Å². The van der Waals surface area contributed by atoms with Gasteiger partial charge in [-0.25, -0.2) is 8.42 Å². The second kappa shape index (κ2) is 12.7. The smallest absolute Gasteiger partial charge is 0.271 e. The minimum Gasteiger partial charge on any atom is -0.354 e. The number of non-ortho nitro benzene ring substituents is 1. The van der Waals surface area contributed by atoms with Crippen LogP contribution in [-0.4, -0.2) is 55.4 Å². The van der Waals surface area contributed by atoms with Crippen LogP contribution in [0.3, 0.4) is 0 Å². The summed E-state index contributed by atoms with van der Waals surface area (Å²) in [4.78, 5) is 38.3. The number of sulfonamides is 1. The monoisotopic (exact) mass is 538 g/mol. The fraction of sp³-hybridized carbons (Fsp3) is 0.417. The average molecular weight is 539 g/mol. The van der Waals surface area contributed by atoms with Gasteiger partial charge in [-0.1, -0.05) is 49.2 Å². The van der Waals surface area contributed by atoms with Crippen LogP contribution in [0, 0.1) is 17.0 Å². The lowest BCUT2D eigenvalue weighted by Gasteiger charge is -2.32. The molecule has 0 aliphatic rings. The molecule has 0 spiro atoms. The van der Waals surface area contributed by atoms with E-state index in [0.717, 1.165) is 29.5 Å². The van der Waals surface area contributed by atoms with Crippen molar-refractivity contribution in [2.24, 2.45) is 0 Å². The van der Waals surface area contributed by atoms with E-state index in [1.807, 2.05) is 6.92 Å². The summed E-state index contributed by atoms with van der Waals surface area (Å²) in [7, 11) is -4.02. The van der Waals surface area contributed by atoms with Crippen LogP contribution in [0.5, 0.6) is 0 Å². The first-order valence-corrected chi connectivity index (χ1v) is 13.6. The van der Waals surface area contributed by atoms with Gasteiger partial charge in [0.05, 0.1) is 16.9 Å². The Morgan fingerprint density at radius 2 is 1.86 bits per heavy atom. The van der Waals surface area contributed by atoms with Gasteiger partial charge < -0.3 is 10.2 Å². The normalized spacial score (nSPS) is 12.0. The standard InChI is InChI=1S/C24H31ClN4O6S/c1-5-6-13-26-24(31)18(3)27(15-19-9-7-8-10-21(19)25)23(30)16-28(36(4,34)35)22-14-20(29(32)33)12-11-17(22)2/h7-12,14,18H,5-6,13,15-16H2,1-4H3,(H,26,31). The van der Waals surface area contributed by atoms with Crippen molar-refractivity contribution in [1.29, 1.82) is 0 Å². The molecule has 2 aromatic rings. The molecule has 0 aliphatic heterocycles. The van der Waals surface area contributed by atoms with Crippen LogP contribution in [-0.2, 0) is 26.2 Å². The summed E-state index contributed by atoms with van der Waals surface area (Å²) in [5.41, 5.74) is 0.714. The van der Waals surface area contributed by atoms with Gasteiger partial charge >= 0.3 is 0 Å². The lowest BCUT2D eigenvalue weighted by molar-refractivity contribution is -0.384. The highest BCUT2D eigenvalue weighted by molar-refractivity contribution is 7.92. The van der Waals surface area contributed by atoms with Crippen molar-refractivity contribution in [2.45, 2.75) is 46.2 Å². The number of amides is 2. The maximum absolute atomic E-state index is 13.6. The van der Waals surface area contributed by atoms with Crippen molar-refractivity contribution >= 4 is 44.8 Å².